The summed E-state index contributed by atoms with van der Waals surface area (Å²) in [5.41, 5.74) is 1.75. The summed E-state index contributed by atoms with van der Waals surface area (Å²) in [6.45, 7) is 3.33. The van der Waals surface area contributed by atoms with E-state index < -0.39 is 30.1 Å². The molecule has 0 spiro atoms. The second kappa shape index (κ2) is 9.45. The van der Waals surface area contributed by atoms with E-state index >= 15 is 0 Å². The molecule has 0 saturated carbocycles. The fourth-order valence-corrected chi connectivity index (χ4v) is 2.67. The molecule has 2 aromatic rings. The fourth-order valence-electron chi connectivity index (χ4n) is 2.16. The molecule has 0 aromatic heterocycles. The van der Waals surface area contributed by atoms with Crippen molar-refractivity contribution in [3.8, 4) is 5.75 Å². The summed E-state index contributed by atoms with van der Waals surface area (Å²) in [6, 6.07) is 7.38. The van der Waals surface area contributed by atoms with E-state index in [9.17, 15) is 18.4 Å². The van der Waals surface area contributed by atoms with Crippen LogP contribution in [0.4, 0.5) is 14.5 Å². The Hall–Kier alpha value is -2.48. The minimum absolute atomic E-state index is 0.0431. The van der Waals surface area contributed by atoms with Gasteiger partial charge in [0, 0.05) is 10.5 Å². The molecule has 0 heterocycles. The highest BCUT2D eigenvalue weighted by molar-refractivity contribution is 9.10. The first-order valence-electron chi connectivity index (χ1n) is 8.06. The highest BCUT2D eigenvalue weighted by Gasteiger charge is 2.14. The quantitative estimate of drug-likeness (QED) is 0.650. The normalized spacial score (nSPS) is 10.4. The molecule has 8 heteroatoms. The molecule has 2 aromatic carbocycles. The summed E-state index contributed by atoms with van der Waals surface area (Å²) in [5, 5.41) is 2.22. The van der Waals surface area contributed by atoms with Gasteiger partial charge < -0.3 is 14.8 Å². The first-order valence-corrected chi connectivity index (χ1v) is 8.85. The van der Waals surface area contributed by atoms with E-state index in [1.165, 1.54) is 0 Å². The summed E-state index contributed by atoms with van der Waals surface area (Å²) < 4.78 is 37.1. The Morgan fingerprint density at radius 3 is 2.59 bits per heavy atom. The van der Waals surface area contributed by atoms with Gasteiger partial charge >= 0.3 is 5.97 Å². The molecular weight excluding hydrogens is 424 g/mol. The largest absolute Gasteiger partial charge is 0.493 e. The molecule has 0 saturated heterocycles. The number of nitrogens with one attached hydrogen (secondary N) is 1. The third-order valence-electron chi connectivity index (χ3n) is 3.54. The molecule has 144 valence electrons. The van der Waals surface area contributed by atoms with Gasteiger partial charge in [-0.15, -0.1) is 0 Å². The van der Waals surface area contributed by atoms with Gasteiger partial charge in [-0.2, -0.15) is 0 Å². The number of aryl methyl sites for hydroxylation is 2. The number of rotatable bonds is 7. The lowest BCUT2D eigenvalue weighted by Crippen LogP contribution is -2.22. The average Bonchev–Trinajstić information content (AvgIpc) is 2.59. The molecule has 0 aliphatic rings. The van der Waals surface area contributed by atoms with E-state index in [1.54, 1.807) is 0 Å². The van der Waals surface area contributed by atoms with Gasteiger partial charge in [0.15, 0.2) is 12.4 Å². The van der Waals surface area contributed by atoms with E-state index in [0.29, 0.717) is 11.8 Å². The Bertz CT molecular complexity index is 835. The number of carbonyl (C=O) groups excluding carboxylic acids is 2. The van der Waals surface area contributed by atoms with Crippen molar-refractivity contribution in [3.05, 3.63) is 57.6 Å². The van der Waals surface area contributed by atoms with Crippen molar-refractivity contribution in [3.63, 3.8) is 0 Å². The number of hydrogen-bond acceptors (Lipinski definition) is 4. The van der Waals surface area contributed by atoms with Crippen LogP contribution >= 0.6 is 15.9 Å². The minimum atomic E-state index is -0.941. The van der Waals surface area contributed by atoms with Crippen molar-refractivity contribution in [2.45, 2.75) is 20.3 Å². The molecule has 0 atom stereocenters. The number of carbonyl (C=O) groups is 2. The number of ether oxygens (including phenoxy) is 2. The van der Waals surface area contributed by atoms with Crippen LogP contribution in [0.25, 0.3) is 0 Å². The highest BCUT2D eigenvalue weighted by atomic mass is 79.9. The fraction of sp³-hybridized carbons (Fsp3) is 0.263. The number of anilines is 1. The van der Waals surface area contributed by atoms with E-state index in [4.69, 9.17) is 9.47 Å². The maximum absolute atomic E-state index is 13.7. The van der Waals surface area contributed by atoms with Gasteiger partial charge in [0.05, 0.1) is 18.7 Å². The summed E-state index contributed by atoms with van der Waals surface area (Å²) in [7, 11) is 0. The molecule has 0 unspecified atom stereocenters. The van der Waals surface area contributed by atoms with Gasteiger partial charge in [0.2, 0.25) is 0 Å². The third kappa shape index (κ3) is 6.32. The first kappa shape index (κ1) is 20.8. The lowest BCUT2D eigenvalue weighted by molar-refractivity contribution is -0.147. The van der Waals surface area contributed by atoms with Crippen LogP contribution in [0.5, 0.6) is 5.75 Å². The Kier molecular flexibility index (Phi) is 7.29. The van der Waals surface area contributed by atoms with Crippen LogP contribution in [-0.4, -0.2) is 25.1 Å². The maximum atomic E-state index is 13.7. The standard InChI is InChI=1S/C19H18BrF2NO4/c1-11-3-4-12(2)16(7-11)26-6-5-18(25)27-10-17(24)23-19-14(20)8-13(21)9-15(19)22/h3-4,7-9H,5-6,10H2,1-2H3,(H,23,24). The molecule has 5 nitrogen and oxygen atoms in total. The molecule has 0 fully saturated rings. The van der Waals surface area contributed by atoms with E-state index in [2.05, 4.69) is 21.2 Å². The number of benzene rings is 2. The van der Waals surface area contributed by atoms with Crippen LogP contribution in [0.3, 0.4) is 0 Å². The predicted octanol–water partition coefficient (Wildman–Crippen LogP) is 4.29. The van der Waals surface area contributed by atoms with Crippen molar-refractivity contribution in [2.75, 3.05) is 18.5 Å². The molecule has 27 heavy (non-hydrogen) atoms. The topological polar surface area (TPSA) is 64.6 Å². The Labute approximate surface area is 163 Å². The van der Waals surface area contributed by atoms with Gasteiger partial charge in [-0.3, -0.25) is 9.59 Å². The number of amides is 1. The molecule has 1 N–H and O–H groups in total. The zero-order valence-electron chi connectivity index (χ0n) is 14.8. The number of halogens is 3. The average molecular weight is 442 g/mol. The zero-order chi connectivity index (χ0) is 20.0. The molecule has 0 bridgehead atoms. The van der Waals surface area contributed by atoms with Gasteiger partial charge in [0.25, 0.3) is 5.91 Å². The Morgan fingerprint density at radius 2 is 1.89 bits per heavy atom. The van der Waals surface area contributed by atoms with Crippen LogP contribution in [0.2, 0.25) is 0 Å². The smallest absolute Gasteiger partial charge is 0.309 e. The number of esters is 1. The van der Waals surface area contributed by atoms with Gasteiger partial charge in [-0.1, -0.05) is 12.1 Å². The van der Waals surface area contributed by atoms with E-state index in [-0.39, 0.29) is 23.2 Å². The summed E-state index contributed by atoms with van der Waals surface area (Å²) in [5.74, 6) is -2.42. The van der Waals surface area contributed by atoms with Crippen LogP contribution in [0.1, 0.15) is 17.5 Å². The van der Waals surface area contributed by atoms with Crippen LogP contribution in [0.15, 0.2) is 34.8 Å². The minimum Gasteiger partial charge on any atom is -0.493 e. The van der Waals surface area contributed by atoms with Crippen molar-refractivity contribution >= 4 is 33.5 Å². The molecule has 0 aliphatic carbocycles. The van der Waals surface area contributed by atoms with Gasteiger partial charge in [0.1, 0.15) is 11.6 Å². The van der Waals surface area contributed by atoms with Crippen LogP contribution < -0.4 is 10.1 Å². The van der Waals surface area contributed by atoms with Gasteiger partial charge in [-0.25, -0.2) is 8.78 Å². The number of hydrogen-bond donors (Lipinski definition) is 1. The maximum Gasteiger partial charge on any atom is 0.309 e. The molecule has 0 radical (unpaired) electrons. The second-order valence-electron chi connectivity index (χ2n) is 5.82. The predicted molar refractivity (Wildman–Crippen MR) is 99.7 cm³/mol. The van der Waals surface area contributed by atoms with Gasteiger partial charge in [-0.05, 0) is 53.0 Å². The van der Waals surface area contributed by atoms with E-state index in [0.717, 1.165) is 17.2 Å². The van der Waals surface area contributed by atoms with Crippen molar-refractivity contribution in [1.29, 1.82) is 0 Å². The van der Waals surface area contributed by atoms with Crippen LogP contribution in [0, 0.1) is 25.5 Å². The monoisotopic (exact) mass is 441 g/mol. The highest BCUT2D eigenvalue weighted by Crippen LogP contribution is 2.26. The van der Waals surface area contributed by atoms with Crippen molar-refractivity contribution < 1.29 is 27.8 Å². The second-order valence-corrected chi connectivity index (χ2v) is 6.68. The lowest BCUT2D eigenvalue weighted by atomic mass is 10.1. The SMILES string of the molecule is Cc1ccc(C)c(OCCC(=O)OCC(=O)Nc2c(F)cc(F)cc2Br)c1. The first-order chi connectivity index (χ1) is 12.8. The van der Waals surface area contributed by atoms with Crippen molar-refractivity contribution in [2.24, 2.45) is 0 Å². The molecule has 2 rings (SSSR count). The summed E-state index contributed by atoms with van der Waals surface area (Å²) in [6.07, 6.45) is -0.0464. The third-order valence-corrected chi connectivity index (χ3v) is 4.17. The molecule has 0 aliphatic heterocycles. The van der Waals surface area contributed by atoms with E-state index in [1.807, 2.05) is 32.0 Å². The molecular formula is C19H18BrF2NO4. The van der Waals surface area contributed by atoms with Crippen molar-refractivity contribution in [1.82, 2.24) is 0 Å². The Morgan fingerprint density at radius 1 is 1.15 bits per heavy atom. The summed E-state index contributed by atoms with van der Waals surface area (Å²) in [4.78, 5) is 23.5. The lowest BCUT2D eigenvalue weighted by Gasteiger charge is -2.11. The van der Waals surface area contributed by atoms with Crippen LogP contribution in [-0.2, 0) is 14.3 Å². The zero-order valence-corrected chi connectivity index (χ0v) is 16.4. The Balaban J connectivity index is 1.77. The summed E-state index contributed by atoms with van der Waals surface area (Å²) >= 11 is 2.95. The molecule has 1 amide bonds.